The van der Waals surface area contributed by atoms with Crippen LogP contribution in [0.5, 0.6) is 0 Å². The van der Waals surface area contributed by atoms with E-state index in [1.807, 2.05) is 23.1 Å². The Morgan fingerprint density at radius 2 is 1.94 bits per heavy atom. The molecule has 1 aliphatic heterocycles. The predicted octanol–water partition coefficient (Wildman–Crippen LogP) is 4.84. The molecule has 0 saturated carbocycles. The average molecular weight is 438 g/mol. The van der Waals surface area contributed by atoms with Crippen LogP contribution in [-0.4, -0.2) is 55.2 Å². The number of hydrogen-bond acceptors (Lipinski definition) is 5. The maximum absolute atomic E-state index is 13.5. The highest BCUT2D eigenvalue weighted by molar-refractivity contribution is 7.22. The van der Waals surface area contributed by atoms with Crippen LogP contribution in [0.25, 0.3) is 10.2 Å². The van der Waals surface area contributed by atoms with E-state index in [0.717, 1.165) is 72.2 Å². The second-order valence-electron chi connectivity index (χ2n) is 8.22. The number of anilines is 1. The van der Waals surface area contributed by atoms with Gasteiger partial charge < -0.3 is 4.74 Å². The first-order chi connectivity index (χ1) is 15.0. The molecule has 4 rings (SSSR count). The molecular formula is C25H31N3O2S. The van der Waals surface area contributed by atoms with Crippen molar-refractivity contribution < 1.29 is 9.53 Å². The number of nitrogens with zero attached hydrogens (tertiary/aromatic N) is 3. The SMILES string of the molecule is CCc1ccc2nc(N(CCCN3CCOCC3)C(=O)c3ccc(C)c(C)c3)sc2c1. The van der Waals surface area contributed by atoms with Crippen molar-refractivity contribution in [2.45, 2.75) is 33.6 Å². The van der Waals surface area contributed by atoms with Crippen LogP contribution >= 0.6 is 11.3 Å². The van der Waals surface area contributed by atoms with E-state index in [1.165, 1.54) is 11.1 Å². The summed E-state index contributed by atoms with van der Waals surface area (Å²) < 4.78 is 6.59. The number of benzene rings is 2. The molecule has 0 aliphatic carbocycles. The summed E-state index contributed by atoms with van der Waals surface area (Å²) in [5, 5.41) is 0.786. The molecule has 3 aromatic rings. The van der Waals surface area contributed by atoms with E-state index in [9.17, 15) is 4.79 Å². The molecule has 0 radical (unpaired) electrons. The molecule has 164 valence electrons. The zero-order valence-corrected chi connectivity index (χ0v) is 19.5. The smallest absolute Gasteiger partial charge is 0.260 e. The van der Waals surface area contributed by atoms with Crippen molar-refractivity contribution in [3.63, 3.8) is 0 Å². The molecule has 0 spiro atoms. The number of thiazole rings is 1. The fraction of sp³-hybridized carbons (Fsp3) is 0.440. The molecule has 1 fully saturated rings. The summed E-state index contributed by atoms with van der Waals surface area (Å²) in [5.41, 5.74) is 5.31. The van der Waals surface area contributed by atoms with Crippen LogP contribution in [-0.2, 0) is 11.2 Å². The lowest BCUT2D eigenvalue weighted by molar-refractivity contribution is 0.0376. The number of ether oxygens (including phenoxy) is 1. The first-order valence-corrected chi connectivity index (χ1v) is 12.0. The Morgan fingerprint density at radius 3 is 2.68 bits per heavy atom. The van der Waals surface area contributed by atoms with Gasteiger partial charge in [0.15, 0.2) is 5.13 Å². The van der Waals surface area contributed by atoms with Crippen LogP contribution in [0.15, 0.2) is 36.4 Å². The zero-order chi connectivity index (χ0) is 21.8. The molecule has 6 heteroatoms. The summed E-state index contributed by atoms with van der Waals surface area (Å²) in [7, 11) is 0. The molecule has 0 unspecified atom stereocenters. The van der Waals surface area contributed by atoms with Crippen molar-refractivity contribution in [2.75, 3.05) is 44.3 Å². The Hall–Kier alpha value is -2.28. The summed E-state index contributed by atoms with van der Waals surface area (Å²) in [6.07, 6.45) is 1.90. The summed E-state index contributed by atoms with van der Waals surface area (Å²) in [4.78, 5) is 22.7. The minimum Gasteiger partial charge on any atom is -0.379 e. The Morgan fingerprint density at radius 1 is 1.13 bits per heavy atom. The van der Waals surface area contributed by atoms with Gasteiger partial charge >= 0.3 is 0 Å². The van der Waals surface area contributed by atoms with Crippen LogP contribution in [0, 0.1) is 13.8 Å². The fourth-order valence-electron chi connectivity index (χ4n) is 3.88. The number of morpholine rings is 1. The number of aryl methyl sites for hydroxylation is 3. The molecule has 31 heavy (non-hydrogen) atoms. The van der Waals surface area contributed by atoms with Gasteiger partial charge in [-0.05, 0) is 67.6 Å². The Bertz CT molecular complexity index is 1060. The van der Waals surface area contributed by atoms with E-state index in [1.54, 1.807) is 11.3 Å². The lowest BCUT2D eigenvalue weighted by Crippen LogP contribution is -2.39. The molecule has 0 bridgehead atoms. The highest BCUT2D eigenvalue weighted by Crippen LogP contribution is 2.31. The number of fused-ring (bicyclic) bond motifs is 1. The number of hydrogen-bond donors (Lipinski definition) is 0. The number of rotatable bonds is 7. The van der Waals surface area contributed by atoms with Crippen molar-refractivity contribution in [1.82, 2.24) is 9.88 Å². The van der Waals surface area contributed by atoms with Gasteiger partial charge in [-0.3, -0.25) is 14.6 Å². The topological polar surface area (TPSA) is 45.7 Å². The Balaban J connectivity index is 1.59. The lowest BCUT2D eigenvalue weighted by Gasteiger charge is -2.27. The average Bonchev–Trinajstić information content (AvgIpc) is 3.21. The van der Waals surface area contributed by atoms with Gasteiger partial charge in [0.25, 0.3) is 5.91 Å². The molecule has 5 nitrogen and oxygen atoms in total. The first kappa shape index (κ1) is 21.9. The monoisotopic (exact) mass is 437 g/mol. The van der Waals surface area contributed by atoms with E-state index in [-0.39, 0.29) is 5.91 Å². The highest BCUT2D eigenvalue weighted by Gasteiger charge is 2.22. The minimum absolute atomic E-state index is 0.0276. The number of aromatic nitrogens is 1. The molecule has 1 aromatic heterocycles. The molecule has 2 heterocycles. The van der Waals surface area contributed by atoms with E-state index in [0.29, 0.717) is 6.54 Å². The second kappa shape index (κ2) is 9.90. The van der Waals surface area contributed by atoms with E-state index >= 15 is 0 Å². The summed E-state index contributed by atoms with van der Waals surface area (Å²) >= 11 is 1.61. The van der Waals surface area contributed by atoms with Gasteiger partial charge in [-0.15, -0.1) is 0 Å². The predicted molar refractivity (Wildman–Crippen MR) is 128 cm³/mol. The quantitative estimate of drug-likeness (QED) is 0.530. The van der Waals surface area contributed by atoms with Crippen LogP contribution < -0.4 is 4.90 Å². The maximum atomic E-state index is 13.5. The number of amides is 1. The molecule has 1 amide bonds. The summed E-state index contributed by atoms with van der Waals surface area (Å²) in [6.45, 7) is 11.4. The third-order valence-electron chi connectivity index (χ3n) is 6.04. The van der Waals surface area contributed by atoms with Crippen molar-refractivity contribution in [1.29, 1.82) is 0 Å². The van der Waals surface area contributed by atoms with Crippen LogP contribution in [0.3, 0.4) is 0 Å². The fourth-order valence-corrected chi connectivity index (χ4v) is 4.94. The maximum Gasteiger partial charge on any atom is 0.260 e. The van der Waals surface area contributed by atoms with Crippen molar-refractivity contribution >= 4 is 32.6 Å². The van der Waals surface area contributed by atoms with E-state index < -0.39 is 0 Å². The highest BCUT2D eigenvalue weighted by atomic mass is 32.1. The molecule has 2 aromatic carbocycles. The standard InChI is InChI=1S/C25H31N3O2S/c1-4-20-7-9-22-23(17-20)31-25(26-22)28(11-5-10-27-12-14-30-15-13-27)24(29)21-8-6-18(2)19(3)16-21/h6-9,16-17H,4-5,10-15H2,1-3H3. The molecule has 0 N–H and O–H groups in total. The van der Waals surface area contributed by atoms with Crippen LogP contribution in [0.2, 0.25) is 0 Å². The molecule has 1 saturated heterocycles. The Kier molecular flexibility index (Phi) is 7.00. The van der Waals surface area contributed by atoms with Crippen molar-refractivity contribution in [2.24, 2.45) is 0 Å². The number of carbonyl (C=O) groups is 1. The zero-order valence-electron chi connectivity index (χ0n) is 18.7. The largest absolute Gasteiger partial charge is 0.379 e. The lowest BCUT2D eigenvalue weighted by atomic mass is 10.1. The van der Waals surface area contributed by atoms with Gasteiger partial charge in [0, 0.05) is 31.7 Å². The van der Waals surface area contributed by atoms with Gasteiger partial charge in [0.2, 0.25) is 0 Å². The van der Waals surface area contributed by atoms with Gasteiger partial charge in [0.1, 0.15) is 0 Å². The van der Waals surface area contributed by atoms with E-state index in [2.05, 4.69) is 43.9 Å². The minimum atomic E-state index is 0.0276. The summed E-state index contributed by atoms with van der Waals surface area (Å²) in [5.74, 6) is 0.0276. The van der Waals surface area contributed by atoms with Crippen LogP contribution in [0.4, 0.5) is 5.13 Å². The Labute approximate surface area is 188 Å². The van der Waals surface area contributed by atoms with Crippen LogP contribution in [0.1, 0.15) is 40.4 Å². The van der Waals surface area contributed by atoms with Gasteiger partial charge in [0.05, 0.1) is 23.4 Å². The van der Waals surface area contributed by atoms with Crippen molar-refractivity contribution in [3.05, 3.63) is 58.7 Å². The molecular weight excluding hydrogens is 406 g/mol. The first-order valence-electron chi connectivity index (χ1n) is 11.1. The summed E-state index contributed by atoms with van der Waals surface area (Å²) in [6, 6.07) is 12.3. The molecule has 0 atom stereocenters. The van der Waals surface area contributed by atoms with Gasteiger partial charge in [-0.1, -0.05) is 30.4 Å². The van der Waals surface area contributed by atoms with Gasteiger partial charge in [-0.25, -0.2) is 4.98 Å². The normalized spacial score (nSPS) is 14.8. The second-order valence-corrected chi connectivity index (χ2v) is 9.22. The molecule has 1 aliphatic rings. The van der Waals surface area contributed by atoms with Crippen molar-refractivity contribution in [3.8, 4) is 0 Å². The third kappa shape index (κ3) is 5.14. The number of carbonyl (C=O) groups excluding carboxylic acids is 1. The van der Waals surface area contributed by atoms with Gasteiger partial charge in [-0.2, -0.15) is 0 Å². The third-order valence-corrected chi connectivity index (χ3v) is 7.08. The van der Waals surface area contributed by atoms with E-state index in [4.69, 9.17) is 9.72 Å².